The third-order valence-electron chi connectivity index (χ3n) is 9.49. The maximum Gasteiger partial charge on any atom is 0.411 e. The number of carbonyl (C=O) groups is 4. The number of pyridine rings is 1. The molecule has 1 unspecified atom stereocenters. The molecule has 3 aromatic carbocycles. The van der Waals surface area contributed by atoms with Gasteiger partial charge < -0.3 is 25.0 Å². The van der Waals surface area contributed by atoms with E-state index in [1.807, 2.05) is 39.0 Å². The molecule has 0 saturated carbocycles. The third kappa shape index (κ3) is 12.8. The average Bonchev–Trinajstić information content (AvgIpc) is 3.19. The molecule has 0 bridgehead atoms. The van der Waals surface area contributed by atoms with Crippen LogP contribution < -0.4 is 10.6 Å². The van der Waals surface area contributed by atoms with Crippen LogP contribution in [-0.2, 0) is 25.7 Å². The Balaban J connectivity index is 1.50. The number of benzene rings is 3. The number of hydrogen-bond donors (Lipinski definition) is 2. The van der Waals surface area contributed by atoms with E-state index in [9.17, 15) is 28.0 Å². The van der Waals surface area contributed by atoms with Gasteiger partial charge in [-0.15, -0.1) is 0 Å². The van der Waals surface area contributed by atoms with Crippen LogP contribution in [0.4, 0.5) is 28.4 Å². The minimum atomic E-state index is -1.38. The molecule has 0 radical (unpaired) electrons. The largest absolute Gasteiger partial charge is 0.445 e. The molecule has 1 aliphatic heterocycles. The lowest BCUT2D eigenvalue weighted by atomic mass is 9.84. The highest BCUT2D eigenvalue weighted by atomic mass is 19.1. The normalized spacial score (nSPS) is 14.7. The zero-order valence-corrected chi connectivity index (χ0v) is 34.6. The summed E-state index contributed by atoms with van der Waals surface area (Å²) in [7, 11) is 0. The van der Waals surface area contributed by atoms with Gasteiger partial charge in [-0.25, -0.2) is 22.8 Å². The van der Waals surface area contributed by atoms with Gasteiger partial charge in [0.15, 0.2) is 5.82 Å². The first-order chi connectivity index (χ1) is 28.4. The van der Waals surface area contributed by atoms with Crippen LogP contribution in [0.2, 0.25) is 0 Å². The van der Waals surface area contributed by atoms with Crippen molar-refractivity contribution in [2.24, 2.45) is 5.41 Å². The second kappa shape index (κ2) is 19.6. The van der Waals surface area contributed by atoms with Gasteiger partial charge in [0, 0.05) is 25.4 Å². The SMILES string of the molecule is CC(C)(C)CCC(=O)N[C@H](C(=O)Nc1cncc(F)c1C#CC1CN(C(=O)OC(C)(C)C)CCN1C(=O)OCc1ccccc1)C(c1ccc(F)cc1)c1ccc(F)cc1. The van der Waals surface area contributed by atoms with Gasteiger partial charge in [-0.05, 0) is 73.6 Å². The quantitative estimate of drug-likeness (QED) is 0.154. The Bertz CT molecular complexity index is 2150. The summed E-state index contributed by atoms with van der Waals surface area (Å²) in [6.45, 7) is 11.1. The fourth-order valence-electron chi connectivity index (χ4n) is 6.39. The van der Waals surface area contributed by atoms with Crippen molar-refractivity contribution in [3.8, 4) is 11.8 Å². The summed E-state index contributed by atoms with van der Waals surface area (Å²) in [5.41, 5.74) is 0.169. The number of aromatic nitrogens is 1. The predicted octanol–water partition coefficient (Wildman–Crippen LogP) is 8.19. The van der Waals surface area contributed by atoms with Crippen molar-refractivity contribution < 1.29 is 41.8 Å². The highest BCUT2D eigenvalue weighted by molar-refractivity contribution is 5.99. The van der Waals surface area contributed by atoms with E-state index in [-0.39, 0.29) is 49.3 Å². The van der Waals surface area contributed by atoms with Crippen LogP contribution in [0.25, 0.3) is 0 Å². The number of nitrogens with zero attached hydrogens (tertiary/aromatic N) is 3. The van der Waals surface area contributed by atoms with E-state index in [1.165, 1.54) is 64.5 Å². The number of hydrogen-bond acceptors (Lipinski definition) is 7. The predicted molar refractivity (Wildman–Crippen MR) is 220 cm³/mol. The lowest BCUT2D eigenvalue weighted by Gasteiger charge is -2.38. The first-order valence-electron chi connectivity index (χ1n) is 19.6. The number of ether oxygens (including phenoxy) is 2. The molecule has 1 saturated heterocycles. The van der Waals surface area contributed by atoms with Crippen LogP contribution in [0.1, 0.15) is 82.6 Å². The smallest absolute Gasteiger partial charge is 0.411 e. The fourth-order valence-corrected chi connectivity index (χ4v) is 6.39. The molecular formula is C46H50F3N5O6. The van der Waals surface area contributed by atoms with E-state index in [4.69, 9.17) is 9.47 Å². The molecule has 316 valence electrons. The number of carbonyl (C=O) groups excluding carboxylic acids is 4. The maximum absolute atomic E-state index is 15.8. The summed E-state index contributed by atoms with van der Waals surface area (Å²) in [6, 6.07) is 17.4. The molecular weight excluding hydrogens is 776 g/mol. The van der Waals surface area contributed by atoms with E-state index in [2.05, 4.69) is 27.5 Å². The lowest BCUT2D eigenvalue weighted by Crippen LogP contribution is -2.56. The zero-order chi connectivity index (χ0) is 43.6. The van der Waals surface area contributed by atoms with Crippen molar-refractivity contribution in [3.05, 3.63) is 131 Å². The minimum absolute atomic E-state index is 0.0218. The average molecular weight is 826 g/mol. The van der Waals surface area contributed by atoms with E-state index >= 15 is 4.39 Å². The standard InChI is InChI=1S/C46H50F3N5O6/c1-45(2,3)23-22-39(55)52-41(40(31-12-16-33(47)17-13-31)32-14-18-34(48)19-15-32)42(56)51-38-27-50-26-37(49)36(38)21-20-35-28-53(43(57)60-46(4,5)6)24-25-54(35)44(58)59-29-30-10-8-7-9-11-30/h7-19,26-27,35,40-41H,22-25,28-29H2,1-6H3,(H,51,56)(H,52,55)/t35?,41-/m0/s1. The Morgan fingerprint density at radius 1 is 0.833 bits per heavy atom. The second-order valence-electron chi connectivity index (χ2n) is 16.7. The Hall–Kier alpha value is -6.36. The Kier molecular flexibility index (Phi) is 14.6. The van der Waals surface area contributed by atoms with Crippen LogP contribution in [0.15, 0.2) is 91.3 Å². The monoisotopic (exact) mass is 825 g/mol. The van der Waals surface area contributed by atoms with Crippen LogP contribution in [0, 0.1) is 34.7 Å². The Morgan fingerprint density at radius 2 is 1.45 bits per heavy atom. The molecule has 2 heterocycles. The number of halogens is 3. The molecule has 2 atom stereocenters. The van der Waals surface area contributed by atoms with Crippen LogP contribution in [-0.4, -0.2) is 76.1 Å². The van der Waals surface area contributed by atoms with E-state index < -0.39 is 65.1 Å². The number of anilines is 1. The number of rotatable bonds is 10. The van der Waals surface area contributed by atoms with Crippen molar-refractivity contribution in [2.75, 3.05) is 25.0 Å². The van der Waals surface area contributed by atoms with Crippen LogP contribution >= 0.6 is 0 Å². The summed E-state index contributed by atoms with van der Waals surface area (Å²) in [6.07, 6.45) is 1.32. The van der Waals surface area contributed by atoms with Crippen LogP contribution in [0.5, 0.6) is 0 Å². The first kappa shape index (κ1) is 44.7. The minimum Gasteiger partial charge on any atom is -0.445 e. The Labute approximate surface area is 348 Å². The number of piperazine rings is 1. The first-order valence-corrected chi connectivity index (χ1v) is 19.6. The van der Waals surface area contributed by atoms with Gasteiger partial charge in [-0.3, -0.25) is 19.5 Å². The number of amides is 4. The summed E-state index contributed by atoms with van der Waals surface area (Å²) in [5, 5.41) is 5.52. The molecule has 5 rings (SSSR count). The summed E-state index contributed by atoms with van der Waals surface area (Å²) in [4.78, 5) is 61.3. The van der Waals surface area contributed by atoms with Crippen molar-refractivity contribution in [1.82, 2.24) is 20.1 Å². The summed E-state index contributed by atoms with van der Waals surface area (Å²) in [5.74, 6) is 1.50. The summed E-state index contributed by atoms with van der Waals surface area (Å²) >= 11 is 0. The molecule has 60 heavy (non-hydrogen) atoms. The molecule has 0 aliphatic carbocycles. The van der Waals surface area contributed by atoms with Crippen molar-refractivity contribution in [3.63, 3.8) is 0 Å². The van der Waals surface area contributed by atoms with Gasteiger partial charge in [-0.2, -0.15) is 0 Å². The second-order valence-corrected chi connectivity index (χ2v) is 16.7. The van der Waals surface area contributed by atoms with Crippen molar-refractivity contribution in [1.29, 1.82) is 0 Å². The van der Waals surface area contributed by atoms with E-state index in [1.54, 1.807) is 32.9 Å². The van der Waals surface area contributed by atoms with Crippen molar-refractivity contribution in [2.45, 2.75) is 84.6 Å². The molecule has 0 spiro atoms. The highest BCUT2D eigenvalue weighted by Gasteiger charge is 2.36. The zero-order valence-electron chi connectivity index (χ0n) is 34.6. The summed E-state index contributed by atoms with van der Waals surface area (Å²) < 4.78 is 55.2. The molecule has 14 heteroatoms. The highest BCUT2D eigenvalue weighted by Crippen LogP contribution is 2.31. The van der Waals surface area contributed by atoms with Crippen LogP contribution in [0.3, 0.4) is 0 Å². The molecule has 1 fully saturated rings. The van der Waals surface area contributed by atoms with Gasteiger partial charge in [0.05, 0.1) is 30.2 Å². The topological polar surface area (TPSA) is 130 Å². The van der Waals surface area contributed by atoms with Gasteiger partial charge in [0.1, 0.15) is 35.9 Å². The third-order valence-corrected chi connectivity index (χ3v) is 9.49. The lowest BCUT2D eigenvalue weighted by molar-refractivity contribution is -0.127. The molecule has 11 nitrogen and oxygen atoms in total. The van der Waals surface area contributed by atoms with Gasteiger partial charge in [-0.1, -0.05) is 87.2 Å². The van der Waals surface area contributed by atoms with Crippen molar-refractivity contribution >= 4 is 29.7 Å². The fraction of sp³-hybridized carbons (Fsp3) is 0.370. The maximum atomic E-state index is 15.8. The Morgan fingerprint density at radius 3 is 2.03 bits per heavy atom. The number of nitrogens with one attached hydrogen (secondary N) is 2. The molecule has 1 aromatic heterocycles. The van der Waals surface area contributed by atoms with Gasteiger partial charge >= 0.3 is 12.2 Å². The molecule has 4 amide bonds. The van der Waals surface area contributed by atoms with E-state index in [0.717, 1.165) is 11.8 Å². The molecule has 1 aliphatic rings. The van der Waals surface area contributed by atoms with Gasteiger partial charge in [0.2, 0.25) is 11.8 Å². The van der Waals surface area contributed by atoms with Gasteiger partial charge in [0.25, 0.3) is 0 Å². The molecule has 4 aromatic rings. The van der Waals surface area contributed by atoms with E-state index in [0.29, 0.717) is 17.5 Å². The molecule has 2 N–H and O–H groups in total.